The molecule has 19 heavy (non-hydrogen) atoms. The number of nitrogens with one attached hydrogen (secondary N) is 1. The van der Waals surface area contributed by atoms with Crippen LogP contribution in [0.15, 0.2) is 64.0 Å². The molecular weight excluding hydrogens is 326 g/mol. The average Bonchev–Trinajstić information content (AvgIpc) is 2.39. The number of hydrogen-bond acceptors (Lipinski definition) is 2. The molecule has 0 radical (unpaired) electrons. The van der Waals surface area contributed by atoms with Gasteiger partial charge in [-0.25, -0.2) is 13.1 Å². The molecule has 2 aromatic carbocycles. The summed E-state index contributed by atoms with van der Waals surface area (Å²) < 4.78 is 28.0. The quantitative estimate of drug-likeness (QED) is 0.926. The van der Waals surface area contributed by atoms with Crippen molar-refractivity contribution in [1.29, 1.82) is 0 Å². The maximum Gasteiger partial charge on any atom is 0.241 e. The lowest BCUT2D eigenvalue weighted by Crippen LogP contribution is -2.27. The van der Waals surface area contributed by atoms with E-state index in [0.29, 0.717) is 0 Å². The minimum Gasteiger partial charge on any atom is -0.207 e. The highest BCUT2D eigenvalue weighted by molar-refractivity contribution is 9.10. The fraction of sp³-hybridized carbons (Fsp3) is 0.143. The normalized spacial score (nSPS) is 13.2. The van der Waals surface area contributed by atoms with Gasteiger partial charge >= 0.3 is 0 Å². The van der Waals surface area contributed by atoms with Gasteiger partial charge in [0.25, 0.3) is 0 Å². The Labute approximate surface area is 121 Å². The second-order valence-electron chi connectivity index (χ2n) is 4.18. The van der Waals surface area contributed by atoms with Gasteiger partial charge in [0.1, 0.15) is 0 Å². The largest absolute Gasteiger partial charge is 0.241 e. The molecule has 0 spiro atoms. The third-order valence-corrected chi connectivity index (χ3v) is 5.04. The van der Waals surface area contributed by atoms with Gasteiger partial charge in [-0.15, -0.1) is 0 Å². The maximum absolute atomic E-state index is 12.2. The number of sulfonamides is 1. The van der Waals surface area contributed by atoms with E-state index in [-0.39, 0.29) is 10.9 Å². The lowest BCUT2D eigenvalue weighted by Gasteiger charge is -2.16. The smallest absolute Gasteiger partial charge is 0.207 e. The summed E-state index contributed by atoms with van der Waals surface area (Å²) in [4.78, 5) is 0.272. The standard InChI is InChI=1S/C14H14BrNO2S/c1-11(13-9-5-6-10-14(13)15)16-19(17,18)12-7-3-2-4-8-12/h2-11,16H,1H3/t11-/m0/s1. The minimum absolute atomic E-state index is 0.272. The average molecular weight is 340 g/mol. The molecule has 0 aliphatic rings. The number of benzene rings is 2. The van der Waals surface area contributed by atoms with Crippen LogP contribution >= 0.6 is 15.9 Å². The third kappa shape index (κ3) is 3.43. The zero-order chi connectivity index (χ0) is 13.9. The van der Waals surface area contributed by atoms with E-state index in [1.807, 2.05) is 31.2 Å². The second-order valence-corrected chi connectivity index (χ2v) is 6.75. The number of hydrogen-bond donors (Lipinski definition) is 1. The molecule has 5 heteroatoms. The molecule has 100 valence electrons. The second kappa shape index (κ2) is 5.86. The summed E-state index contributed by atoms with van der Waals surface area (Å²) in [6.45, 7) is 1.82. The summed E-state index contributed by atoms with van der Waals surface area (Å²) in [7, 11) is -3.50. The Hall–Kier alpha value is -1.17. The first-order valence-corrected chi connectivity index (χ1v) is 8.10. The summed E-state index contributed by atoms with van der Waals surface area (Å²) in [5, 5.41) is 0. The highest BCUT2D eigenvalue weighted by Crippen LogP contribution is 2.24. The van der Waals surface area contributed by atoms with Gasteiger partial charge in [0, 0.05) is 10.5 Å². The van der Waals surface area contributed by atoms with Crippen LogP contribution in [0.25, 0.3) is 0 Å². The summed E-state index contributed by atoms with van der Waals surface area (Å²) in [5.74, 6) is 0. The molecular formula is C14H14BrNO2S. The Bertz CT molecular complexity index is 656. The Morgan fingerprint density at radius 3 is 2.21 bits per heavy atom. The van der Waals surface area contributed by atoms with Crippen LogP contribution in [0, 0.1) is 0 Å². The molecule has 0 unspecified atom stereocenters. The van der Waals surface area contributed by atoms with E-state index in [0.717, 1.165) is 10.0 Å². The highest BCUT2D eigenvalue weighted by atomic mass is 79.9. The Balaban J connectivity index is 2.24. The van der Waals surface area contributed by atoms with Crippen LogP contribution in [0.1, 0.15) is 18.5 Å². The van der Waals surface area contributed by atoms with E-state index in [9.17, 15) is 8.42 Å². The molecule has 2 aromatic rings. The maximum atomic E-state index is 12.2. The molecule has 0 bridgehead atoms. The zero-order valence-electron chi connectivity index (χ0n) is 10.4. The topological polar surface area (TPSA) is 46.2 Å². The summed E-state index contributed by atoms with van der Waals surface area (Å²) in [6.07, 6.45) is 0. The first kappa shape index (κ1) is 14.2. The van der Waals surface area contributed by atoms with E-state index >= 15 is 0 Å². The Morgan fingerprint density at radius 2 is 1.58 bits per heavy atom. The number of halogens is 1. The van der Waals surface area contributed by atoms with Crippen LogP contribution in [0.4, 0.5) is 0 Å². The van der Waals surface area contributed by atoms with Gasteiger partial charge in [-0.3, -0.25) is 0 Å². The molecule has 0 aliphatic heterocycles. The van der Waals surface area contributed by atoms with Crippen molar-refractivity contribution in [3.63, 3.8) is 0 Å². The highest BCUT2D eigenvalue weighted by Gasteiger charge is 2.18. The van der Waals surface area contributed by atoms with Crippen LogP contribution < -0.4 is 4.72 Å². The lowest BCUT2D eigenvalue weighted by atomic mass is 10.1. The van der Waals surface area contributed by atoms with Crippen LogP contribution in [0.5, 0.6) is 0 Å². The molecule has 0 aliphatic carbocycles. The van der Waals surface area contributed by atoms with E-state index < -0.39 is 10.0 Å². The lowest BCUT2D eigenvalue weighted by molar-refractivity contribution is 0.566. The van der Waals surface area contributed by atoms with Crippen molar-refractivity contribution in [2.45, 2.75) is 17.9 Å². The van der Waals surface area contributed by atoms with Gasteiger partial charge < -0.3 is 0 Å². The van der Waals surface area contributed by atoms with Crippen molar-refractivity contribution in [2.75, 3.05) is 0 Å². The van der Waals surface area contributed by atoms with E-state index in [2.05, 4.69) is 20.7 Å². The molecule has 3 nitrogen and oxygen atoms in total. The molecule has 1 atom stereocenters. The molecule has 1 N–H and O–H groups in total. The van der Waals surface area contributed by atoms with Crippen molar-refractivity contribution in [1.82, 2.24) is 4.72 Å². The molecule has 0 aromatic heterocycles. The molecule has 0 amide bonds. The fourth-order valence-electron chi connectivity index (χ4n) is 1.79. The SMILES string of the molecule is C[C@H](NS(=O)(=O)c1ccccc1)c1ccccc1Br. The molecule has 0 saturated carbocycles. The molecule has 0 heterocycles. The first-order valence-electron chi connectivity index (χ1n) is 5.82. The van der Waals surface area contributed by atoms with Crippen molar-refractivity contribution >= 4 is 26.0 Å². The van der Waals surface area contributed by atoms with Crippen molar-refractivity contribution in [3.05, 3.63) is 64.6 Å². The van der Waals surface area contributed by atoms with Gasteiger partial charge in [-0.1, -0.05) is 52.3 Å². The van der Waals surface area contributed by atoms with Crippen molar-refractivity contribution < 1.29 is 8.42 Å². The van der Waals surface area contributed by atoms with Gasteiger partial charge in [-0.05, 0) is 30.7 Å². The van der Waals surface area contributed by atoms with Gasteiger partial charge in [-0.2, -0.15) is 0 Å². The van der Waals surface area contributed by atoms with E-state index in [4.69, 9.17) is 0 Å². The molecule has 0 saturated heterocycles. The Morgan fingerprint density at radius 1 is 1.00 bits per heavy atom. The van der Waals surface area contributed by atoms with Gasteiger partial charge in [0.2, 0.25) is 10.0 Å². The summed E-state index contributed by atoms with van der Waals surface area (Å²) in [5.41, 5.74) is 0.905. The van der Waals surface area contributed by atoms with Crippen LogP contribution in [0.2, 0.25) is 0 Å². The minimum atomic E-state index is -3.50. The van der Waals surface area contributed by atoms with Gasteiger partial charge in [0.05, 0.1) is 4.90 Å². The summed E-state index contributed by atoms with van der Waals surface area (Å²) in [6, 6.07) is 15.6. The predicted molar refractivity (Wildman–Crippen MR) is 79.3 cm³/mol. The predicted octanol–water partition coefficient (Wildman–Crippen LogP) is 3.49. The van der Waals surface area contributed by atoms with Crippen LogP contribution in [-0.4, -0.2) is 8.42 Å². The van der Waals surface area contributed by atoms with Crippen LogP contribution in [-0.2, 0) is 10.0 Å². The first-order chi connectivity index (χ1) is 9.00. The third-order valence-electron chi connectivity index (χ3n) is 2.76. The summed E-state index contributed by atoms with van der Waals surface area (Å²) >= 11 is 3.43. The number of rotatable bonds is 4. The monoisotopic (exact) mass is 339 g/mol. The van der Waals surface area contributed by atoms with E-state index in [1.165, 1.54) is 0 Å². The van der Waals surface area contributed by atoms with Crippen LogP contribution in [0.3, 0.4) is 0 Å². The molecule has 0 fully saturated rings. The van der Waals surface area contributed by atoms with E-state index in [1.54, 1.807) is 30.3 Å². The van der Waals surface area contributed by atoms with Crippen molar-refractivity contribution in [3.8, 4) is 0 Å². The van der Waals surface area contributed by atoms with Crippen molar-refractivity contribution in [2.24, 2.45) is 0 Å². The van der Waals surface area contributed by atoms with Gasteiger partial charge in [0.15, 0.2) is 0 Å². The fourth-order valence-corrected chi connectivity index (χ4v) is 3.66. The zero-order valence-corrected chi connectivity index (χ0v) is 12.8. The molecule has 2 rings (SSSR count). The Kier molecular flexibility index (Phi) is 4.39.